The number of ketones is 1. The lowest BCUT2D eigenvalue weighted by Gasteiger charge is -2.22. The van der Waals surface area contributed by atoms with Crippen molar-refractivity contribution in [1.82, 2.24) is 4.90 Å². The second kappa shape index (κ2) is 6.34. The first kappa shape index (κ1) is 15.4. The highest BCUT2D eigenvalue weighted by Gasteiger charge is 2.34. The van der Waals surface area contributed by atoms with Crippen LogP contribution in [0.3, 0.4) is 0 Å². The van der Waals surface area contributed by atoms with Crippen molar-refractivity contribution in [3.05, 3.63) is 59.7 Å². The lowest BCUT2D eigenvalue weighted by atomic mass is 9.98. The van der Waals surface area contributed by atoms with Crippen molar-refractivity contribution in [3.63, 3.8) is 0 Å². The number of carbonyl (C=O) groups is 2. The van der Waals surface area contributed by atoms with E-state index in [1.54, 1.807) is 6.07 Å². The highest BCUT2D eigenvalue weighted by Crippen LogP contribution is 2.25. The van der Waals surface area contributed by atoms with Gasteiger partial charge in [0.25, 0.3) is 5.91 Å². The fourth-order valence-electron chi connectivity index (χ4n) is 3.06. The van der Waals surface area contributed by atoms with Crippen LogP contribution in [0.4, 0.5) is 0 Å². The highest BCUT2D eigenvalue weighted by molar-refractivity contribution is 5.99. The van der Waals surface area contributed by atoms with E-state index in [9.17, 15) is 14.7 Å². The Bertz CT molecular complexity index is 740. The molecule has 118 valence electrons. The summed E-state index contributed by atoms with van der Waals surface area (Å²) < 4.78 is 0. The van der Waals surface area contributed by atoms with Gasteiger partial charge in [0.2, 0.25) is 0 Å². The summed E-state index contributed by atoms with van der Waals surface area (Å²) in [5, 5.41) is 9.35. The fourth-order valence-corrected chi connectivity index (χ4v) is 3.06. The minimum Gasteiger partial charge on any atom is -0.394 e. The molecule has 4 nitrogen and oxygen atoms in total. The topological polar surface area (TPSA) is 57.6 Å². The first-order valence-electron chi connectivity index (χ1n) is 7.69. The number of nitrogens with zero attached hydrogens (tertiary/aromatic N) is 1. The molecule has 0 unspecified atom stereocenters. The summed E-state index contributed by atoms with van der Waals surface area (Å²) in [6, 6.07) is 15.2. The predicted molar refractivity (Wildman–Crippen MR) is 88.1 cm³/mol. The van der Waals surface area contributed by atoms with E-state index >= 15 is 0 Å². The van der Waals surface area contributed by atoms with E-state index in [-0.39, 0.29) is 31.3 Å². The number of Topliss-reactive ketones (excluding diaryl/α,β-unsaturated/α-hetero) is 1. The molecule has 1 N–H and O–H groups in total. The summed E-state index contributed by atoms with van der Waals surface area (Å²) in [5.74, 6) is -0.201. The molecule has 1 aliphatic rings. The third-order valence-electron chi connectivity index (χ3n) is 4.28. The van der Waals surface area contributed by atoms with Crippen LogP contribution in [-0.2, 0) is 4.79 Å². The first-order valence-corrected chi connectivity index (χ1v) is 7.69. The van der Waals surface area contributed by atoms with Gasteiger partial charge in [0.1, 0.15) is 0 Å². The number of aliphatic hydroxyl groups is 1. The van der Waals surface area contributed by atoms with Gasteiger partial charge in [-0.2, -0.15) is 0 Å². The zero-order valence-corrected chi connectivity index (χ0v) is 13.0. The van der Waals surface area contributed by atoms with Crippen LogP contribution in [0.2, 0.25) is 0 Å². The Morgan fingerprint density at radius 1 is 1.22 bits per heavy atom. The van der Waals surface area contributed by atoms with Crippen molar-refractivity contribution in [2.45, 2.75) is 19.4 Å². The van der Waals surface area contributed by atoms with E-state index in [0.717, 1.165) is 16.7 Å². The first-order chi connectivity index (χ1) is 11.1. The Morgan fingerprint density at radius 2 is 1.96 bits per heavy atom. The molecule has 0 radical (unpaired) electrons. The van der Waals surface area contributed by atoms with Crippen LogP contribution in [0.1, 0.15) is 22.3 Å². The number of rotatable bonds is 3. The van der Waals surface area contributed by atoms with Gasteiger partial charge in [-0.25, -0.2) is 0 Å². The second-order valence-corrected chi connectivity index (χ2v) is 5.91. The average molecular weight is 309 g/mol. The molecule has 1 aliphatic heterocycles. The Morgan fingerprint density at radius 3 is 2.61 bits per heavy atom. The number of amides is 1. The van der Waals surface area contributed by atoms with Crippen molar-refractivity contribution >= 4 is 11.7 Å². The molecular formula is C19H19NO3. The molecule has 0 saturated carbocycles. The summed E-state index contributed by atoms with van der Waals surface area (Å²) >= 11 is 0. The molecule has 23 heavy (non-hydrogen) atoms. The number of benzene rings is 2. The largest absolute Gasteiger partial charge is 0.394 e. The molecule has 1 fully saturated rings. The predicted octanol–water partition coefficient (Wildman–Crippen LogP) is 2.44. The number of hydrogen-bond acceptors (Lipinski definition) is 3. The standard InChI is InChI=1S/C19H19NO3/c1-13-9-15(7-8-18(13)14-5-3-2-4-6-14)19(23)20-11-17(22)10-16(20)12-21/h2-9,16,21H,10-12H2,1H3/t16-/m0/s1. The van der Waals surface area contributed by atoms with Crippen LogP contribution in [0, 0.1) is 6.92 Å². The van der Waals surface area contributed by atoms with Gasteiger partial charge in [-0.3, -0.25) is 9.59 Å². The van der Waals surface area contributed by atoms with Gasteiger partial charge >= 0.3 is 0 Å². The van der Waals surface area contributed by atoms with Gasteiger partial charge in [0, 0.05) is 12.0 Å². The van der Waals surface area contributed by atoms with Crippen molar-refractivity contribution < 1.29 is 14.7 Å². The molecular weight excluding hydrogens is 290 g/mol. The van der Waals surface area contributed by atoms with Gasteiger partial charge in [-0.1, -0.05) is 36.4 Å². The molecule has 2 aromatic rings. The maximum absolute atomic E-state index is 12.6. The SMILES string of the molecule is Cc1cc(C(=O)N2CC(=O)C[C@H]2CO)ccc1-c1ccccc1. The lowest BCUT2D eigenvalue weighted by Crippen LogP contribution is -2.37. The minimum absolute atomic E-state index is 0.00460. The van der Waals surface area contributed by atoms with Crippen molar-refractivity contribution in [2.75, 3.05) is 13.2 Å². The van der Waals surface area contributed by atoms with E-state index in [0.29, 0.717) is 5.56 Å². The molecule has 1 saturated heterocycles. The zero-order valence-electron chi connectivity index (χ0n) is 13.0. The molecule has 1 heterocycles. The second-order valence-electron chi connectivity index (χ2n) is 5.91. The quantitative estimate of drug-likeness (QED) is 0.947. The summed E-state index contributed by atoms with van der Waals surface area (Å²) in [4.78, 5) is 25.7. The lowest BCUT2D eigenvalue weighted by molar-refractivity contribution is -0.116. The Labute approximate surface area is 135 Å². The van der Waals surface area contributed by atoms with Crippen molar-refractivity contribution in [2.24, 2.45) is 0 Å². The van der Waals surface area contributed by atoms with Gasteiger partial charge in [-0.15, -0.1) is 0 Å². The smallest absolute Gasteiger partial charge is 0.254 e. The molecule has 0 bridgehead atoms. The van der Waals surface area contributed by atoms with Crippen LogP contribution in [0.15, 0.2) is 48.5 Å². The number of likely N-dealkylation sites (tertiary alicyclic amines) is 1. The van der Waals surface area contributed by atoms with Crippen LogP contribution in [-0.4, -0.2) is 40.9 Å². The molecule has 0 aliphatic carbocycles. The fraction of sp³-hybridized carbons (Fsp3) is 0.263. The molecule has 4 heteroatoms. The summed E-state index contributed by atoms with van der Waals surface area (Å²) in [6.07, 6.45) is 0.239. The van der Waals surface area contributed by atoms with Gasteiger partial charge < -0.3 is 10.0 Å². The number of aliphatic hydroxyl groups excluding tert-OH is 1. The third kappa shape index (κ3) is 3.03. The third-order valence-corrected chi connectivity index (χ3v) is 4.28. The Balaban J connectivity index is 1.88. The van der Waals surface area contributed by atoms with Gasteiger partial charge in [0.05, 0.1) is 19.2 Å². The van der Waals surface area contributed by atoms with Crippen molar-refractivity contribution in [3.8, 4) is 11.1 Å². The average Bonchev–Trinajstić information content (AvgIpc) is 2.96. The Kier molecular flexibility index (Phi) is 4.26. The maximum atomic E-state index is 12.6. The van der Waals surface area contributed by atoms with E-state index in [1.807, 2.05) is 49.4 Å². The van der Waals surface area contributed by atoms with Crippen LogP contribution in [0.5, 0.6) is 0 Å². The summed E-state index contributed by atoms with van der Waals surface area (Å²) in [5.41, 5.74) is 3.75. The molecule has 1 atom stereocenters. The monoisotopic (exact) mass is 309 g/mol. The number of hydrogen-bond donors (Lipinski definition) is 1. The maximum Gasteiger partial charge on any atom is 0.254 e. The van der Waals surface area contributed by atoms with E-state index in [2.05, 4.69) is 0 Å². The zero-order chi connectivity index (χ0) is 16.4. The van der Waals surface area contributed by atoms with E-state index in [4.69, 9.17) is 0 Å². The molecule has 3 rings (SSSR count). The van der Waals surface area contributed by atoms with Crippen LogP contribution >= 0.6 is 0 Å². The molecule has 1 amide bonds. The van der Waals surface area contributed by atoms with E-state index < -0.39 is 6.04 Å². The highest BCUT2D eigenvalue weighted by atomic mass is 16.3. The summed E-state index contributed by atoms with van der Waals surface area (Å²) in [7, 11) is 0. The molecule has 0 aromatic heterocycles. The Hall–Kier alpha value is -2.46. The minimum atomic E-state index is -0.399. The number of carbonyl (C=O) groups excluding carboxylic acids is 2. The van der Waals surface area contributed by atoms with Crippen molar-refractivity contribution in [1.29, 1.82) is 0 Å². The van der Waals surface area contributed by atoms with Crippen LogP contribution in [0.25, 0.3) is 11.1 Å². The summed E-state index contributed by atoms with van der Waals surface area (Å²) in [6.45, 7) is 1.87. The molecule has 2 aromatic carbocycles. The normalized spacial score (nSPS) is 17.6. The van der Waals surface area contributed by atoms with Gasteiger partial charge in [-0.05, 0) is 35.7 Å². The van der Waals surface area contributed by atoms with E-state index in [1.165, 1.54) is 4.90 Å². The van der Waals surface area contributed by atoms with Crippen LogP contribution < -0.4 is 0 Å². The van der Waals surface area contributed by atoms with Gasteiger partial charge in [0.15, 0.2) is 5.78 Å². The number of aryl methyl sites for hydroxylation is 1. The molecule has 0 spiro atoms.